The second-order valence-corrected chi connectivity index (χ2v) is 6.23. The summed E-state index contributed by atoms with van der Waals surface area (Å²) in [7, 11) is 1.76. The van der Waals surface area contributed by atoms with E-state index in [1.54, 1.807) is 30.3 Å². The fourth-order valence-corrected chi connectivity index (χ4v) is 2.71. The molecule has 1 saturated heterocycles. The first-order valence-corrected chi connectivity index (χ1v) is 8.17. The number of nitrogens with zero attached hydrogens (tertiary/aromatic N) is 5. The molecule has 2 aromatic rings. The minimum atomic E-state index is -0.140. The van der Waals surface area contributed by atoms with Gasteiger partial charge in [0.2, 0.25) is 0 Å². The lowest BCUT2D eigenvalue weighted by molar-refractivity contribution is 0.178. The molecule has 1 aromatic heterocycles. The highest BCUT2D eigenvalue weighted by molar-refractivity contribution is 6.30. The molecule has 8 heteroatoms. The molecule has 0 bridgehead atoms. The van der Waals surface area contributed by atoms with Crippen LogP contribution in [-0.2, 0) is 6.54 Å². The van der Waals surface area contributed by atoms with E-state index in [1.807, 2.05) is 23.1 Å². The zero-order valence-electron chi connectivity index (χ0n) is 13.7. The molecule has 0 atom stereocenters. The molecular formula is C17H17ClN6O. The Morgan fingerprint density at radius 1 is 1.36 bits per heavy atom. The number of amides is 2. The highest BCUT2D eigenvalue weighted by Gasteiger charge is 2.34. The van der Waals surface area contributed by atoms with Gasteiger partial charge in [0.25, 0.3) is 0 Å². The summed E-state index contributed by atoms with van der Waals surface area (Å²) in [5.41, 5.74) is 1.29. The summed E-state index contributed by atoms with van der Waals surface area (Å²) in [5.74, 6) is 0.566. The maximum Gasteiger partial charge on any atom is 0.317 e. The average molecular weight is 357 g/mol. The topological polar surface area (TPSA) is 85.2 Å². The lowest BCUT2D eigenvalue weighted by Gasteiger charge is -2.44. The van der Waals surface area contributed by atoms with Gasteiger partial charge in [0, 0.05) is 44.1 Å². The Bertz CT molecular complexity index is 798. The summed E-state index contributed by atoms with van der Waals surface area (Å²) < 4.78 is 0. The van der Waals surface area contributed by atoms with Crippen molar-refractivity contribution in [3.63, 3.8) is 0 Å². The molecule has 0 unspecified atom stereocenters. The van der Waals surface area contributed by atoms with Gasteiger partial charge in [-0.2, -0.15) is 5.26 Å². The highest BCUT2D eigenvalue weighted by Crippen LogP contribution is 2.23. The molecule has 2 heterocycles. The number of aromatic nitrogens is 2. The number of likely N-dealkylation sites (N-methyl/N-ethyl adjacent to an activating group) is 1. The molecule has 0 radical (unpaired) electrons. The maximum absolute atomic E-state index is 12.3. The number of urea groups is 1. The van der Waals surface area contributed by atoms with E-state index in [2.05, 4.69) is 15.3 Å². The Morgan fingerprint density at radius 3 is 2.72 bits per heavy atom. The number of carbonyl (C=O) groups is 1. The number of benzene rings is 1. The van der Waals surface area contributed by atoms with Crippen molar-refractivity contribution in [2.45, 2.75) is 12.6 Å². The van der Waals surface area contributed by atoms with E-state index in [0.717, 1.165) is 5.56 Å². The molecule has 1 aliphatic rings. The van der Waals surface area contributed by atoms with Crippen LogP contribution in [0.25, 0.3) is 0 Å². The maximum atomic E-state index is 12.3. The van der Waals surface area contributed by atoms with Gasteiger partial charge in [-0.1, -0.05) is 23.7 Å². The summed E-state index contributed by atoms with van der Waals surface area (Å²) in [4.78, 5) is 24.1. The highest BCUT2D eigenvalue weighted by atomic mass is 35.5. The van der Waals surface area contributed by atoms with Crippen molar-refractivity contribution < 1.29 is 4.79 Å². The zero-order chi connectivity index (χ0) is 17.8. The Morgan fingerprint density at radius 2 is 2.04 bits per heavy atom. The minimum Gasteiger partial charge on any atom is -0.350 e. The van der Waals surface area contributed by atoms with Gasteiger partial charge in [-0.25, -0.2) is 14.8 Å². The van der Waals surface area contributed by atoms with Gasteiger partial charge in [-0.15, -0.1) is 0 Å². The molecule has 1 N–H and O–H groups in total. The standard InChI is InChI=1S/C17H17ClN6O/c1-23(17(25)22-9-12-2-4-13(18)5-3-12)14-10-24(11-14)16-15(8-19)20-6-7-21-16/h2-7,14H,9-11H2,1H3,(H,22,25). The predicted molar refractivity (Wildman–Crippen MR) is 94.2 cm³/mol. The van der Waals surface area contributed by atoms with Crippen molar-refractivity contribution in [1.29, 1.82) is 5.26 Å². The molecule has 1 fully saturated rings. The van der Waals surface area contributed by atoms with Crippen LogP contribution in [0, 0.1) is 11.3 Å². The number of hydrogen-bond acceptors (Lipinski definition) is 5. The summed E-state index contributed by atoms with van der Waals surface area (Å²) in [6.45, 7) is 1.69. The smallest absolute Gasteiger partial charge is 0.317 e. The number of rotatable bonds is 4. The number of hydrogen-bond donors (Lipinski definition) is 1. The van der Waals surface area contributed by atoms with Crippen molar-refractivity contribution in [3.05, 3.63) is 52.9 Å². The molecule has 0 saturated carbocycles. The Kier molecular flexibility index (Phi) is 5.00. The molecular weight excluding hydrogens is 340 g/mol. The van der Waals surface area contributed by atoms with Crippen LogP contribution in [0.2, 0.25) is 5.02 Å². The third-order valence-corrected chi connectivity index (χ3v) is 4.42. The van der Waals surface area contributed by atoms with Gasteiger partial charge in [0.1, 0.15) is 6.07 Å². The second-order valence-electron chi connectivity index (χ2n) is 5.80. The first-order chi connectivity index (χ1) is 12.1. The van der Waals surface area contributed by atoms with Crippen LogP contribution in [0.5, 0.6) is 0 Å². The summed E-state index contributed by atoms with van der Waals surface area (Å²) in [5, 5.41) is 12.6. The molecule has 0 spiro atoms. The first kappa shape index (κ1) is 17.0. The fraction of sp³-hybridized carbons (Fsp3) is 0.294. The number of carbonyl (C=O) groups excluding carboxylic acids is 1. The number of halogens is 1. The molecule has 0 aliphatic carbocycles. The fourth-order valence-electron chi connectivity index (χ4n) is 2.58. The SMILES string of the molecule is CN(C(=O)NCc1ccc(Cl)cc1)C1CN(c2nccnc2C#N)C1. The quantitative estimate of drug-likeness (QED) is 0.906. The van der Waals surface area contributed by atoms with Gasteiger partial charge in [0.05, 0.1) is 6.04 Å². The third kappa shape index (κ3) is 3.80. The molecule has 3 rings (SSSR count). The van der Waals surface area contributed by atoms with Crippen LogP contribution >= 0.6 is 11.6 Å². The van der Waals surface area contributed by atoms with E-state index >= 15 is 0 Å². The summed E-state index contributed by atoms with van der Waals surface area (Å²) in [6, 6.07) is 9.32. The lowest BCUT2D eigenvalue weighted by atomic mass is 10.1. The van der Waals surface area contributed by atoms with E-state index in [9.17, 15) is 4.79 Å². The van der Waals surface area contributed by atoms with Crippen LogP contribution in [0.3, 0.4) is 0 Å². The number of nitriles is 1. The summed E-state index contributed by atoms with van der Waals surface area (Å²) in [6.07, 6.45) is 3.06. The van der Waals surface area contributed by atoms with E-state index < -0.39 is 0 Å². The lowest BCUT2D eigenvalue weighted by Crippen LogP contribution is -2.61. The van der Waals surface area contributed by atoms with Crippen molar-refractivity contribution in [2.75, 3.05) is 25.0 Å². The van der Waals surface area contributed by atoms with E-state index in [0.29, 0.717) is 36.2 Å². The monoisotopic (exact) mass is 356 g/mol. The molecule has 128 valence electrons. The molecule has 7 nitrogen and oxygen atoms in total. The number of anilines is 1. The van der Waals surface area contributed by atoms with Crippen molar-refractivity contribution >= 4 is 23.4 Å². The van der Waals surface area contributed by atoms with Crippen LogP contribution in [-0.4, -0.2) is 47.1 Å². The molecule has 1 aromatic carbocycles. The Labute approximate surface area is 150 Å². The normalized spacial score (nSPS) is 13.7. The minimum absolute atomic E-state index is 0.0683. The number of nitrogens with one attached hydrogen (secondary N) is 1. The van der Waals surface area contributed by atoms with E-state index in [1.165, 1.54) is 6.20 Å². The molecule has 2 amide bonds. The third-order valence-electron chi connectivity index (χ3n) is 4.17. The van der Waals surface area contributed by atoms with E-state index in [-0.39, 0.29) is 12.1 Å². The van der Waals surface area contributed by atoms with E-state index in [4.69, 9.17) is 16.9 Å². The molecule has 1 aliphatic heterocycles. The second kappa shape index (κ2) is 7.36. The molecule has 25 heavy (non-hydrogen) atoms. The average Bonchev–Trinajstić information content (AvgIpc) is 2.60. The van der Waals surface area contributed by atoms with Crippen LogP contribution in [0.1, 0.15) is 11.3 Å². The van der Waals surface area contributed by atoms with Crippen molar-refractivity contribution in [3.8, 4) is 6.07 Å². The van der Waals surface area contributed by atoms with Crippen LogP contribution in [0.15, 0.2) is 36.7 Å². The first-order valence-electron chi connectivity index (χ1n) is 7.79. The largest absolute Gasteiger partial charge is 0.350 e. The van der Waals surface area contributed by atoms with Gasteiger partial charge in [-0.05, 0) is 17.7 Å². The Balaban J connectivity index is 1.51. The van der Waals surface area contributed by atoms with Crippen molar-refractivity contribution in [1.82, 2.24) is 20.2 Å². The van der Waals surface area contributed by atoms with Crippen LogP contribution < -0.4 is 10.2 Å². The van der Waals surface area contributed by atoms with Gasteiger partial charge >= 0.3 is 6.03 Å². The van der Waals surface area contributed by atoms with Gasteiger partial charge < -0.3 is 15.1 Å². The van der Waals surface area contributed by atoms with Crippen LogP contribution in [0.4, 0.5) is 10.6 Å². The van der Waals surface area contributed by atoms with Gasteiger partial charge in [-0.3, -0.25) is 0 Å². The Hall–Kier alpha value is -2.85. The van der Waals surface area contributed by atoms with Gasteiger partial charge in [0.15, 0.2) is 11.5 Å². The van der Waals surface area contributed by atoms with Crippen molar-refractivity contribution in [2.24, 2.45) is 0 Å². The predicted octanol–water partition coefficient (Wildman–Crippen LogP) is 2.03. The summed E-state index contributed by atoms with van der Waals surface area (Å²) >= 11 is 5.85. The zero-order valence-corrected chi connectivity index (χ0v) is 14.4.